The van der Waals surface area contributed by atoms with E-state index >= 15 is 0 Å². The third-order valence-electron chi connectivity index (χ3n) is 2.49. The number of anilines is 1. The highest BCUT2D eigenvalue weighted by molar-refractivity contribution is 7.16. The molecule has 4 amide bonds. The number of hydrogen-bond donors (Lipinski definition) is 4. The van der Waals surface area contributed by atoms with Gasteiger partial charge in [0.2, 0.25) is 5.91 Å². The van der Waals surface area contributed by atoms with Gasteiger partial charge in [-0.3, -0.25) is 9.59 Å². The number of amides is 4. The molecule has 0 aliphatic heterocycles. The highest BCUT2D eigenvalue weighted by atomic mass is 32.1. The maximum Gasteiger partial charge on any atom is 0.312 e. The summed E-state index contributed by atoms with van der Waals surface area (Å²) >= 11 is 1.32. The van der Waals surface area contributed by atoms with Gasteiger partial charge < -0.3 is 22.1 Å². The predicted octanol–water partition coefficient (Wildman–Crippen LogP) is 0.967. The van der Waals surface area contributed by atoms with E-state index in [9.17, 15) is 14.4 Å². The van der Waals surface area contributed by atoms with Crippen molar-refractivity contribution >= 4 is 34.2 Å². The molecule has 20 heavy (non-hydrogen) atoms. The first kappa shape index (κ1) is 16.0. The maximum absolute atomic E-state index is 11.7. The highest BCUT2D eigenvalue weighted by Crippen LogP contribution is 2.32. The van der Waals surface area contributed by atoms with Crippen molar-refractivity contribution in [1.82, 2.24) is 5.32 Å². The number of carbonyl (C=O) groups is 3. The zero-order chi connectivity index (χ0) is 15.3. The molecule has 0 unspecified atom stereocenters. The van der Waals surface area contributed by atoms with Crippen LogP contribution in [0.15, 0.2) is 6.07 Å². The summed E-state index contributed by atoms with van der Waals surface area (Å²) in [5.74, 6) is -0.669. The van der Waals surface area contributed by atoms with Crippen LogP contribution in [-0.2, 0) is 4.79 Å². The number of carbonyl (C=O) groups excluding carboxylic acids is 3. The van der Waals surface area contributed by atoms with Gasteiger partial charge in [0, 0.05) is 17.8 Å². The van der Waals surface area contributed by atoms with E-state index in [-0.39, 0.29) is 24.8 Å². The largest absolute Gasteiger partial charge is 0.366 e. The molecule has 1 heterocycles. The van der Waals surface area contributed by atoms with Gasteiger partial charge in [0.05, 0.1) is 5.56 Å². The molecule has 0 aromatic carbocycles. The number of nitrogens with two attached hydrogens (primary N) is 2. The van der Waals surface area contributed by atoms with Crippen LogP contribution in [0.5, 0.6) is 0 Å². The molecule has 0 radical (unpaired) electrons. The van der Waals surface area contributed by atoms with E-state index in [0.29, 0.717) is 10.6 Å². The average Bonchev–Trinajstić information content (AvgIpc) is 2.72. The SMILES string of the molecule is CC(C)c1cc(C(N)=O)c(NC(=O)CCNC(N)=O)s1. The third-order valence-corrected chi connectivity index (χ3v) is 3.84. The quantitative estimate of drug-likeness (QED) is 0.624. The van der Waals surface area contributed by atoms with Gasteiger partial charge in [0.15, 0.2) is 0 Å². The molecular formula is C12H18N4O3S. The lowest BCUT2D eigenvalue weighted by Crippen LogP contribution is -2.32. The van der Waals surface area contributed by atoms with Crippen molar-refractivity contribution in [2.45, 2.75) is 26.2 Å². The lowest BCUT2D eigenvalue weighted by Gasteiger charge is -2.05. The van der Waals surface area contributed by atoms with E-state index in [0.717, 1.165) is 4.88 Å². The van der Waals surface area contributed by atoms with Crippen LogP contribution >= 0.6 is 11.3 Å². The Morgan fingerprint density at radius 3 is 2.45 bits per heavy atom. The number of primary amides is 2. The molecule has 110 valence electrons. The second-order valence-corrected chi connectivity index (χ2v) is 5.58. The van der Waals surface area contributed by atoms with Crippen LogP contribution in [-0.4, -0.2) is 24.4 Å². The molecule has 1 rings (SSSR count). The maximum atomic E-state index is 11.7. The summed E-state index contributed by atoms with van der Waals surface area (Å²) in [4.78, 5) is 34.5. The summed E-state index contributed by atoms with van der Waals surface area (Å²) in [6.07, 6.45) is 0.0655. The molecule has 7 nitrogen and oxygen atoms in total. The molecule has 0 saturated heterocycles. The van der Waals surface area contributed by atoms with Crippen molar-refractivity contribution in [2.24, 2.45) is 11.5 Å². The van der Waals surface area contributed by atoms with Crippen molar-refractivity contribution in [3.8, 4) is 0 Å². The smallest absolute Gasteiger partial charge is 0.312 e. The van der Waals surface area contributed by atoms with E-state index in [2.05, 4.69) is 10.6 Å². The van der Waals surface area contributed by atoms with Gasteiger partial charge in [-0.15, -0.1) is 11.3 Å². The summed E-state index contributed by atoms with van der Waals surface area (Å²) in [6.45, 7) is 4.10. The predicted molar refractivity (Wildman–Crippen MR) is 77.8 cm³/mol. The minimum absolute atomic E-state index is 0.0655. The molecule has 0 aliphatic rings. The van der Waals surface area contributed by atoms with Crippen LogP contribution in [0.2, 0.25) is 0 Å². The summed E-state index contributed by atoms with van der Waals surface area (Å²) < 4.78 is 0. The average molecular weight is 298 g/mol. The van der Waals surface area contributed by atoms with E-state index in [1.807, 2.05) is 13.8 Å². The first-order chi connectivity index (χ1) is 9.31. The fourth-order valence-electron chi connectivity index (χ4n) is 1.46. The first-order valence-corrected chi connectivity index (χ1v) is 6.89. The first-order valence-electron chi connectivity index (χ1n) is 6.08. The van der Waals surface area contributed by atoms with E-state index in [1.54, 1.807) is 6.07 Å². The Bertz CT molecular complexity index is 525. The van der Waals surface area contributed by atoms with Crippen molar-refractivity contribution in [3.63, 3.8) is 0 Å². The topological polar surface area (TPSA) is 127 Å². The molecule has 1 aromatic heterocycles. The molecule has 0 saturated carbocycles. The van der Waals surface area contributed by atoms with Crippen molar-refractivity contribution in [1.29, 1.82) is 0 Å². The molecule has 0 spiro atoms. The van der Waals surface area contributed by atoms with Crippen molar-refractivity contribution in [3.05, 3.63) is 16.5 Å². The Morgan fingerprint density at radius 2 is 1.95 bits per heavy atom. The van der Waals surface area contributed by atoms with Crippen molar-refractivity contribution in [2.75, 3.05) is 11.9 Å². The number of thiophene rings is 1. The minimum Gasteiger partial charge on any atom is -0.366 e. The second kappa shape index (κ2) is 6.90. The summed E-state index contributed by atoms with van der Waals surface area (Å²) in [6, 6.07) is 1.00. The second-order valence-electron chi connectivity index (χ2n) is 4.50. The Kier molecular flexibility index (Phi) is 5.51. The van der Waals surface area contributed by atoms with Gasteiger partial charge in [0.1, 0.15) is 5.00 Å². The van der Waals surface area contributed by atoms with Crippen molar-refractivity contribution < 1.29 is 14.4 Å². The van der Waals surface area contributed by atoms with E-state index in [4.69, 9.17) is 11.5 Å². The number of hydrogen-bond acceptors (Lipinski definition) is 4. The summed E-state index contributed by atoms with van der Waals surface area (Å²) in [5.41, 5.74) is 10.5. The third kappa shape index (κ3) is 4.54. The summed E-state index contributed by atoms with van der Waals surface area (Å²) in [7, 11) is 0. The molecule has 0 atom stereocenters. The number of nitrogens with one attached hydrogen (secondary N) is 2. The molecule has 0 bridgehead atoms. The highest BCUT2D eigenvalue weighted by Gasteiger charge is 2.17. The molecule has 0 aliphatic carbocycles. The monoisotopic (exact) mass is 298 g/mol. The van der Waals surface area contributed by atoms with Crippen LogP contribution in [0.1, 0.15) is 41.4 Å². The van der Waals surface area contributed by atoms with E-state index < -0.39 is 11.9 Å². The van der Waals surface area contributed by atoms with Gasteiger partial charge in [-0.1, -0.05) is 13.8 Å². The van der Waals surface area contributed by atoms with Gasteiger partial charge in [-0.05, 0) is 12.0 Å². The van der Waals surface area contributed by atoms with Crippen LogP contribution < -0.4 is 22.1 Å². The lowest BCUT2D eigenvalue weighted by molar-refractivity contribution is -0.116. The molecule has 8 heteroatoms. The Hall–Kier alpha value is -2.09. The van der Waals surface area contributed by atoms with Gasteiger partial charge in [-0.25, -0.2) is 4.79 Å². The Morgan fingerprint density at radius 1 is 1.30 bits per heavy atom. The number of urea groups is 1. The molecule has 1 aromatic rings. The van der Waals surface area contributed by atoms with Gasteiger partial charge >= 0.3 is 6.03 Å². The fourth-order valence-corrected chi connectivity index (χ4v) is 2.54. The zero-order valence-corrected chi connectivity index (χ0v) is 12.2. The van der Waals surface area contributed by atoms with Gasteiger partial charge in [0.25, 0.3) is 5.91 Å². The summed E-state index contributed by atoms with van der Waals surface area (Å²) in [5, 5.41) is 5.38. The minimum atomic E-state index is -0.686. The molecule has 6 N–H and O–H groups in total. The van der Waals surface area contributed by atoms with Crippen LogP contribution in [0, 0.1) is 0 Å². The zero-order valence-electron chi connectivity index (χ0n) is 11.4. The number of rotatable bonds is 6. The molecule has 0 fully saturated rings. The van der Waals surface area contributed by atoms with Crippen LogP contribution in [0.4, 0.5) is 9.80 Å². The standard InChI is InChI=1S/C12H18N4O3S/c1-6(2)8-5-7(10(13)18)11(20-8)16-9(17)3-4-15-12(14)19/h5-6H,3-4H2,1-2H3,(H2,13,18)(H,16,17)(H3,14,15,19). The Labute approximate surface area is 120 Å². The lowest BCUT2D eigenvalue weighted by atomic mass is 10.1. The van der Waals surface area contributed by atoms with E-state index in [1.165, 1.54) is 11.3 Å². The normalized spacial score (nSPS) is 10.3. The Balaban J connectivity index is 2.73. The van der Waals surface area contributed by atoms with Crippen LogP contribution in [0.3, 0.4) is 0 Å². The van der Waals surface area contributed by atoms with Crippen LogP contribution in [0.25, 0.3) is 0 Å². The van der Waals surface area contributed by atoms with Gasteiger partial charge in [-0.2, -0.15) is 0 Å². The molecular weight excluding hydrogens is 280 g/mol. The fraction of sp³-hybridized carbons (Fsp3) is 0.417.